The molecule has 1 aromatic heterocycles. The van der Waals surface area contributed by atoms with Crippen LogP contribution in [0.3, 0.4) is 0 Å². The Kier molecular flexibility index (Phi) is 4.90. The number of methoxy groups -OCH3 is 1. The van der Waals surface area contributed by atoms with Gasteiger partial charge in [-0.15, -0.1) is 0 Å². The Labute approximate surface area is 91.1 Å². The van der Waals surface area contributed by atoms with Gasteiger partial charge >= 0.3 is 0 Å². The molecule has 0 spiro atoms. The molecule has 4 nitrogen and oxygen atoms in total. The van der Waals surface area contributed by atoms with Crippen LogP contribution in [0, 0.1) is 5.92 Å². The number of hydrogen-bond acceptors (Lipinski definition) is 4. The van der Waals surface area contributed by atoms with Gasteiger partial charge in [0.2, 0.25) is 0 Å². The maximum absolute atomic E-state index is 5.07. The third-order valence-corrected chi connectivity index (χ3v) is 2.12. The van der Waals surface area contributed by atoms with E-state index in [-0.39, 0.29) is 0 Å². The lowest BCUT2D eigenvalue weighted by atomic mass is 10.2. The average Bonchev–Trinajstić information content (AvgIpc) is 2.27. The van der Waals surface area contributed by atoms with Crippen LogP contribution in [0.5, 0.6) is 0 Å². The summed E-state index contributed by atoms with van der Waals surface area (Å²) in [6.07, 6.45) is 1.79. The van der Waals surface area contributed by atoms with Gasteiger partial charge in [-0.25, -0.2) is 4.98 Å². The molecule has 84 valence electrons. The van der Waals surface area contributed by atoms with Gasteiger partial charge in [0, 0.05) is 38.7 Å². The van der Waals surface area contributed by atoms with Crippen molar-refractivity contribution in [3.8, 4) is 0 Å². The van der Waals surface area contributed by atoms with Crippen LogP contribution in [0.4, 0.5) is 11.5 Å². The largest absolute Gasteiger partial charge is 0.385 e. The molecule has 1 heterocycles. The molecular formula is C11H19N3O. The zero-order valence-electron chi connectivity index (χ0n) is 9.58. The number of nitrogens with one attached hydrogen (secondary N) is 2. The lowest BCUT2D eigenvalue weighted by molar-refractivity contribution is 0.164. The summed E-state index contributed by atoms with van der Waals surface area (Å²) in [5.74, 6) is 1.38. The standard InChI is InChI=1S/C11H19N3O/c1-9(8-15-3)7-14-10-4-5-13-11(6-10)12-2/h4-6,9H,7-8H2,1-3H3,(H2,12,13,14). The number of ether oxygens (including phenoxy) is 1. The fourth-order valence-electron chi connectivity index (χ4n) is 1.31. The van der Waals surface area contributed by atoms with E-state index >= 15 is 0 Å². The topological polar surface area (TPSA) is 46.2 Å². The maximum Gasteiger partial charge on any atom is 0.127 e. The molecule has 4 heteroatoms. The Morgan fingerprint density at radius 2 is 2.33 bits per heavy atom. The zero-order chi connectivity index (χ0) is 11.1. The number of anilines is 2. The molecule has 0 fully saturated rings. The number of aromatic nitrogens is 1. The van der Waals surface area contributed by atoms with Crippen molar-refractivity contribution in [3.63, 3.8) is 0 Å². The maximum atomic E-state index is 5.07. The second kappa shape index (κ2) is 6.24. The minimum atomic E-state index is 0.501. The monoisotopic (exact) mass is 209 g/mol. The van der Waals surface area contributed by atoms with E-state index in [2.05, 4.69) is 22.5 Å². The molecule has 0 saturated heterocycles. The number of nitrogens with zero attached hydrogens (tertiary/aromatic N) is 1. The molecule has 0 aliphatic rings. The van der Waals surface area contributed by atoms with Gasteiger partial charge in [0.1, 0.15) is 5.82 Å². The Morgan fingerprint density at radius 1 is 1.53 bits per heavy atom. The smallest absolute Gasteiger partial charge is 0.127 e. The normalized spacial score (nSPS) is 12.2. The number of hydrogen-bond donors (Lipinski definition) is 2. The van der Waals surface area contributed by atoms with Crippen molar-refractivity contribution in [2.75, 3.05) is 37.9 Å². The molecule has 2 N–H and O–H groups in total. The highest BCUT2D eigenvalue weighted by Gasteiger charge is 2.01. The van der Waals surface area contributed by atoms with Crippen molar-refractivity contribution in [3.05, 3.63) is 18.3 Å². The molecule has 0 aliphatic heterocycles. The van der Waals surface area contributed by atoms with Gasteiger partial charge in [0.25, 0.3) is 0 Å². The molecular weight excluding hydrogens is 190 g/mol. The summed E-state index contributed by atoms with van der Waals surface area (Å²) >= 11 is 0. The van der Waals surface area contributed by atoms with Crippen molar-refractivity contribution in [1.82, 2.24) is 4.98 Å². The fourth-order valence-corrected chi connectivity index (χ4v) is 1.31. The van der Waals surface area contributed by atoms with Crippen LogP contribution in [0.2, 0.25) is 0 Å². The highest BCUT2D eigenvalue weighted by molar-refractivity contribution is 5.51. The van der Waals surface area contributed by atoms with Crippen LogP contribution in [-0.2, 0) is 4.74 Å². The Balaban J connectivity index is 2.43. The second-order valence-electron chi connectivity index (χ2n) is 3.62. The van der Waals surface area contributed by atoms with Crippen LogP contribution >= 0.6 is 0 Å². The highest BCUT2D eigenvalue weighted by atomic mass is 16.5. The Bertz CT molecular complexity index is 291. The van der Waals surface area contributed by atoms with Crippen LogP contribution in [0.25, 0.3) is 0 Å². The fraction of sp³-hybridized carbons (Fsp3) is 0.545. The van der Waals surface area contributed by atoms with Crippen LogP contribution < -0.4 is 10.6 Å². The van der Waals surface area contributed by atoms with Crippen LogP contribution in [0.15, 0.2) is 18.3 Å². The van der Waals surface area contributed by atoms with E-state index in [4.69, 9.17) is 4.74 Å². The highest BCUT2D eigenvalue weighted by Crippen LogP contribution is 2.11. The molecule has 0 aromatic carbocycles. The SMILES string of the molecule is CNc1cc(NCC(C)COC)ccn1. The number of rotatable bonds is 6. The minimum Gasteiger partial charge on any atom is -0.385 e. The number of pyridine rings is 1. The molecule has 0 bridgehead atoms. The van der Waals surface area contributed by atoms with E-state index in [1.54, 1.807) is 13.3 Å². The van der Waals surface area contributed by atoms with E-state index in [9.17, 15) is 0 Å². The molecule has 0 aliphatic carbocycles. The summed E-state index contributed by atoms with van der Waals surface area (Å²) in [6, 6.07) is 3.94. The van der Waals surface area contributed by atoms with Gasteiger partial charge in [-0.3, -0.25) is 0 Å². The van der Waals surface area contributed by atoms with Crippen molar-refractivity contribution >= 4 is 11.5 Å². The van der Waals surface area contributed by atoms with Gasteiger partial charge in [-0.2, -0.15) is 0 Å². The van der Waals surface area contributed by atoms with E-state index in [0.717, 1.165) is 24.7 Å². The summed E-state index contributed by atoms with van der Waals surface area (Å²) in [7, 11) is 3.59. The Hall–Kier alpha value is -1.29. The molecule has 0 saturated carbocycles. The first-order valence-electron chi connectivity index (χ1n) is 5.13. The third-order valence-electron chi connectivity index (χ3n) is 2.12. The first kappa shape index (κ1) is 11.8. The van der Waals surface area contributed by atoms with Crippen molar-refractivity contribution in [2.24, 2.45) is 5.92 Å². The van der Waals surface area contributed by atoms with E-state index in [1.165, 1.54) is 0 Å². The third kappa shape index (κ3) is 4.16. The quantitative estimate of drug-likeness (QED) is 0.750. The van der Waals surface area contributed by atoms with Crippen molar-refractivity contribution in [1.29, 1.82) is 0 Å². The lowest BCUT2D eigenvalue weighted by Crippen LogP contribution is -2.15. The summed E-state index contributed by atoms with van der Waals surface area (Å²) in [5.41, 5.74) is 1.08. The summed E-state index contributed by atoms with van der Waals surface area (Å²) in [5, 5.41) is 6.35. The van der Waals surface area contributed by atoms with Gasteiger partial charge in [0.05, 0.1) is 6.61 Å². The second-order valence-corrected chi connectivity index (χ2v) is 3.62. The van der Waals surface area contributed by atoms with E-state index < -0.39 is 0 Å². The lowest BCUT2D eigenvalue weighted by Gasteiger charge is -2.12. The van der Waals surface area contributed by atoms with E-state index in [0.29, 0.717) is 5.92 Å². The average molecular weight is 209 g/mol. The molecule has 15 heavy (non-hydrogen) atoms. The van der Waals surface area contributed by atoms with Gasteiger partial charge in [-0.1, -0.05) is 6.92 Å². The van der Waals surface area contributed by atoms with E-state index in [1.807, 2.05) is 19.2 Å². The van der Waals surface area contributed by atoms with Gasteiger partial charge in [0.15, 0.2) is 0 Å². The Morgan fingerprint density at radius 3 is 3.00 bits per heavy atom. The van der Waals surface area contributed by atoms with Crippen molar-refractivity contribution in [2.45, 2.75) is 6.92 Å². The molecule has 1 unspecified atom stereocenters. The first-order valence-corrected chi connectivity index (χ1v) is 5.13. The summed E-state index contributed by atoms with van der Waals surface area (Å²) in [4.78, 5) is 4.15. The van der Waals surface area contributed by atoms with Crippen LogP contribution in [-0.4, -0.2) is 32.3 Å². The molecule has 1 aromatic rings. The van der Waals surface area contributed by atoms with Crippen LogP contribution in [0.1, 0.15) is 6.92 Å². The van der Waals surface area contributed by atoms with Crippen molar-refractivity contribution < 1.29 is 4.74 Å². The molecule has 0 amide bonds. The minimum absolute atomic E-state index is 0.501. The first-order chi connectivity index (χ1) is 7.26. The molecule has 1 rings (SSSR count). The predicted molar refractivity (Wildman–Crippen MR) is 63.3 cm³/mol. The molecule has 1 atom stereocenters. The van der Waals surface area contributed by atoms with Gasteiger partial charge < -0.3 is 15.4 Å². The predicted octanol–water partition coefficient (Wildman–Crippen LogP) is 1.82. The summed E-state index contributed by atoms with van der Waals surface area (Å²) < 4.78 is 5.07. The zero-order valence-corrected chi connectivity index (χ0v) is 9.58. The van der Waals surface area contributed by atoms with Gasteiger partial charge in [-0.05, 0) is 12.0 Å². The summed E-state index contributed by atoms with van der Waals surface area (Å²) in [6.45, 7) is 3.83. The molecule has 0 radical (unpaired) electrons.